The van der Waals surface area contributed by atoms with Gasteiger partial charge in [-0.2, -0.15) is 0 Å². The molecule has 4 nitrogen and oxygen atoms in total. The molecular weight excluding hydrogens is 293 g/mol. The van der Waals surface area contributed by atoms with Gasteiger partial charge in [-0.1, -0.05) is 0 Å². The highest BCUT2D eigenvalue weighted by molar-refractivity contribution is 9.10. The molecule has 0 spiro atoms. The van der Waals surface area contributed by atoms with Gasteiger partial charge in [-0.25, -0.2) is 4.39 Å². The summed E-state index contributed by atoms with van der Waals surface area (Å²) in [6, 6.07) is 0.195. The lowest BCUT2D eigenvalue weighted by atomic mass is 10.00. The van der Waals surface area contributed by atoms with Gasteiger partial charge in [-0.3, -0.25) is 4.79 Å². The Balaban J connectivity index is 3.25. The lowest BCUT2D eigenvalue weighted by Gasteiger charge is -2.16. The summed E-state index contributed by atoms with van der Waals surface area (Å²) in [5.41, 5.74) is 6.26. The third-order valence-electron chi connectivity index (χ3n) is 2.50. The van der Waals surface area contributed by atoms with E-state index in [1.807, 2.05) is 0 Å². The fourth-order valence-electron chi connectivity index (χ4n) is 1.52. The molecule has 0 saturated heterocycles. The molecular formula is C11H13BrFNO3. The van der Waals surface area contributed by atoms with Gasteiger partial charge in [0.25, 0.3) is 0 Å². The van der Waals surface area contributed by atoms with Crippen LogP contribution in [-0.4, -0.2) is 24.2 Å². The van der Waals surface area contributed by atoms with Crippen molar-refractivity contribution in [3.63, 3.8) is 0 Å². The molecule has 1 aromatic rings. The monoisotopic (exact) mass is 305 g/mol. The van der Waals surface area contributed by atoms with E-state index in [-0.39, 0.29) is 6.42 Å². The summed E-state index contributed by atoms with van der Waals surface area (Å²) in [5, 5.41) is 8.77. The van der Waals surface area contributed by atoms with E-state index in [1.165, 1.54) is 13.2 Å². The molecule has 0 fully saturated rings. The Kier molecular flexibility index (Phi) is 4.47. The van der Waals surface area contributed by atoms with Gasteiger partial charge in [-0.05, 0) is 34.5 Å². The molecule has 3 N–H and O–H groups in total. The zero-order valence-electron chi connectivity index (χ0n) is 9.46. The Morgan fingerprint density at radius 1 is 1.71 bits per heavy atom. The van der Waals surface area contributed by atoms with Crippen molar-refractivity contribution in [1.29, 1.82) is 0 Å². The number of halogens is 2. The summed E-state index contributed by atoms with van der Waals surface area (Å²) in [6.45, 7) is 1.56. The third-order valence-corrected chi connectivity index (χ3v) is 3.09. The summed E-state index contributed by atoms with van der Waals surface area (Å²) in [7, 11) is 1.44. The van der Waals surface area contributed by atoms with Crippen LogP contribution in [0, 0.1) is 12.7 Å². The zero-order chi connectivity index (χ0) is 13.2. The molecule has 1 unspecified atom stereocenters. The smallest absolute Gasteiger partial charge is 0.320 e. The van der Waals surface area contributed by atoms with E-state index < -0.39 is 17.8 Å². The number of carbonyl (C=O) groups is 1. The number of carboxylic acid groups (broad SMARTS) is 1. The minimum Gasteiger partial charge on any atom is -0.495 e. The standard InChI is InChI=1S/C11H13BrFNO3/c1-5-6(3-9(14)11(15)16)10(17-2)7(12)4-8(5)13/h4,9H,3,14H2,1-2H3,(H,15,16). The molecule has 0 aliphatic heterocycles. The second-order valence-electron chi connectivity index (χ2n) is 3.63. The van der Waals surface area contributed by atoms with E-state index in [1.54, 1.807) is 6.92 Å². The molecule has 0 bridgehead atoms. The molecule has 94 valence electrons. The van der Waals surface area contributed by atoms with Crippen LogP contribution in [0.3, 0.4) is 0 Å². The van der Waals surface area contributed by atoms with Gasteiger partial charge in [-0.15, -0.1) is 0 Å². The lowest BCUT2D eigenvalue weighted by Crippen LogP contribution is -2.32. The molecule has 0 radical (unpaired) electrons. The van der Waals surface area contributed by atoms with E-state index in [9.17, 15) is 9.18 Å². The number of carboxylic acids is 1. The number of rotatable bonds is 4. The minimum absolute atomic E-state index is 0.0146. The van der Waals surface area contributed by atoms with Crippen molar-refractivity contribution in [2.45, 2.75) is 19.4 Å². The van der Waals surface area contributed by atoms with E-state index >= 15 is 0 Å². The van der Waals surface area contributed by atoms with Crippen LogP contribution in [0.1, 0.15) is 11.1 Å². The zero-order valence-corrected chi connectivity index (χ0v) is 11.0. The molecule has 0 heterocycles. The predicted molar refractivity (Wildman–Crippen MR) is 64.7 cm³/mol. The maximum atomic E-state index is 13.5. The molecule has 6 heteroatoms. The van der Waals surface area contributed by atoms with Crippen molar-refractivity contribution in [2.24, 2.45) is 5.73 Å². The maximum Gasteiger partial charge on any atom is 0.320 e. The minimum atomic E-state index is -1.13. The Bertz CT molecular complexity index is 451. The van der Waals surface area contributed by atoms with Crippen molar-refractivity contribution in [3.05, 3.63) is 27.5 Å². The third kappa shape index (κ3) is 2.95. The first-order valence-corrected chi connectivity index (χ1v) is 5.67. The largest absolute Gasteiger partial charge is 0.495 e. The van der Waals surface area contributed by atoms with Gasteiger partial charge < -0.3 is 15.6 Å². The van der Waals surface area contributed by atoms with Crippen LogP contribution in [0.5, 0.6) is 5.75 Å². The maximum absolute atomic E-state index is 13.5. The average Bonchev–Trinajstić information content (AvgIpc) is 2.25. The molecule has 0 aliphatic rings. The van der Waals surface area contributed by atoms with Gasteiger partial charge in [0.2, 0.25) is 0 Å². The summed E-state index contributed by atoms with van der Waals surface area (Å²) in [4.78, 5) is 10.7. The average molecular weight is 306 g/mol. The van der Waals surface area contributed by atoms with E-state index in [4.69, 9.17) is 15.6 Å². The van der Waals surface area contributed by atoms with Gasteiger partial charge in [0, 0.05) is 12.0 Å². The SMILES string of the molecule is COc1c(Br)cc(F)c(C)c1CC(N)C(=O)O. The van der Waals surface area contributed by atoms with E-state index in [0.29, 0.717) is 21.3 Å². The molecule has 1 rings (SSSR count). The van der Waals surface area contributed by atoms with Crippen molar-refractivity contribution in [3.8, 4) is 5.75 Å². The van der Waals surface area contributed by atoms with E-state index in [2.05, 4.69) is 15.9 Å². The number of hydrogen-bond acceptors (Lipinski definition) is 3. The molecule has 0 aliphatic carbocycles. The first kappa shape index (κ1) is 13.9. The Labute approximate surface area is 107 Å². The highest BCUT2D eigenvalue weighted by Gasteiger charge is 2.20. The highest BCUT2D eigenvalue weighted by Crippen LogP contribution is 2.33. The van der Waals surface area contributed by atoms with Crippen molar-refractivity contribution in [2.75, 3.05) is 7.11 Å². The highest BCUT2D eigenvalue weighted by atomic mass is 79.9. The first-order valence-electron chi connectivity index (χ1n) is 4.88. The normalized spacial score (nSPS) is 12.3. The second kappa shape index (κ2) is 5.46. The number of methoxy groups -OCH3 is 1. The first-order chi connectivity index (χ1) is 7.88. The number of aliphatic carboxylic acids is 1. The molecule has 1 atom stereocenters. The molecule has 0 amide bonds. The Hall–Kier alpha value is -1.14. The number of ether oxygens (including phenoxy) is 1. The van der Waals surface area contributed by atoms with Gasteiger partial charge in [0.15, 0.2) is 0 Å². The quantitative estimate of drug-likeness (QED) is 0.890. The Morgan fingerprint density at radius 2 is 2.29 bits per heavy atom. The fraction of sp³-hybridized carbons (Fsp3) is 0.364. The number of nitrogens with two attached hydrogens (primary N) is 1. The second-order valence-corrected chi connectivity index (χ2v) is 4.48. The van der Waals surface area contributed by atoms with Gasteiger partial charge >= 0.3 is 5.97 Å². The van der Waals surface area contributed by atoms with Crippen LogP contribution in [0.25, 0.3) is 0 Å². The van der Waals surface area contributed by atoms with E-state index in [0.717, 1.165) is 0 Å². The van der Waals surface area contributed by atoms with Crippen molar-refractivity contribution >= 4 is 21.9 Å². The summed E-state index contributed by atoms with van der Waals surface area (Å²) >= 11 is 3.17. The molecule has 0 saturated carbocycles. The van der Waals surface area contributed by atoms with Crippen LogP contribution in [0.2, 0.25) is 0 Å². The summed E-state index contributed by atoms with van der Waals surface area (Å²) < 4.78 is 19.1. The number of benzene rings is 1. The van der Waals surface area contributed by atoms with Crippen LogP contribution in [-0.2, 0) is 11.2 Å². The molecule has 17 heavy (non-hydrogen) atoms. The van der Waals surface area contributed by atoms with Crippen LogP contribution in [0.4, 0.5) is 4.39 Å². The van der Waals surface area contributed by atoms with Crippen LogP contribution in [0.15, 0.2) is 10.5 Å². The summed E-state index contributed by atoms with van der Waals surface area (Å²) in [5.74, 6) is -1.14. The Morgan fingerprint density at radius 3 is 2.76 bits per heavy atom. The summed E-state index contributed by atoms with van der Waals surface area (Å²) in [6.07, 6.45) is 0.0146. The van der Waals surface area contributed by atoms with Crippen LogP contribution >= 0.6 is 15.9 Å². The van der Waals surface area contributed by atoms with Crippen molar-refractivity contribution in [1.82, 2.24) is 0 Å². The fourth-order valence-corrected chi connectivity index (χ4v) is 2.12. The number of hydrogen-bond donors (Lipinski definition) is 2. The van der Waals surface area contributed by atoms with Crippen molar-refractivity contribution < 1.29 is 19.0 Å². The lowest BCUT2D eigenvalue weighted by molar-refractivity contribution is -0.138. The van der Waals surface area contributed by atoms with Gasteiger partial charge in [0.05, 0.1) is 11.6 Å². The molecule has 1 aromatic carbocycles. The van der Waals surface area contributed by atoms with Crippen LogP contribution < -0.4 is 10.5 Å². The molecule has 0 aromatic heterocycles. The van der Waals surface area contributed by atoms with Gasteiger partial charge in [0.1, 0.15) is 17.6 Å². The topological polar surface area (TPSA) is 72.5 Å². The predicted octanol–water partition coefficient (Wildman–Crippen LogP) is 1.86.